The first kappa shape index (κ1) is 22.1. The number of rotatable bonds is 2. The van der Waals surface area contributed by atoms with Gasteiger partial charge in [0.05, 0.1) is 41.0 Å². The summed E-state index contributed by atoms with van der Waals surface area (Å²) in [6.07, 6.45) is -2.50. The van der Waals surface area contributed by atoms with Gasteiger partial charge in [0.25, 0.3) is 5.91 Å². The molecule has 0 unspecified atom stereocenters. The molecule has 0 saturated heterocycles. The molecule has 11 heteroatoms. The van der Waals surface area contributed by atoms with Crippen molar-refractivity contribution in [1.82, 2.24) is 24.6 Å². The third-order valence-corrected chi connectivity index (χ3v) is 6.18. The number of aromatic nitrogens is 4. The van der Waals surface area contributed by atoms with Gasteiger partial charge in [0.2, 0.25) is 0 Å². The van der Waals surface area contributed by atoms with E-state index in [9.17, 15) is 18.0 Å². The SMILES string of the molecule is CN(C(=O)c1ccc2nc(N)c3cnn(C)c3c2c1)[C@@H]1CCOCc2nc(C(F)(F)F)ccc21. The second kappa shape index (κ2) is 7.94. The first-order valence-electron chi connectivity index (χ1n) is 10.6. The van der Waals surface area contributed by atoms with E-state index in [1.807, 2.05) is 0 Å². The number of hydrogen-bond donors (Lipinski definition) is 1. The van der Waals surface area contributed by atoms with Gasteiger partial charge in [-0.2, -0.15) is 18.3 Å². The molecule has 4 aromatic rings. The molecule has 0 bridgehead atoms. The molecule has 0 fully saturated rings. The van der Waals surface area contributed by atoms with Gasteiger partial charge in [-0.25, -0.2) is 9.97 Å². The van der Waals surface area contributed by atoms with Gasteiger partial charge in [0.15, 0.2) is 0 Å². The first-order chi connectivity index (χ1) is 16.1. The predicted molar refractivity (Wildman–Crippen MR) is 119 cm³/mol. The molecule has 2 N–H and O–H groups in total. The summed E-state index contributed by atoms with van der Waals surface area (Å²) in [6, 6.07) is 6.97. The molecule has 1 aromatic carbocycles. The van der Waals surface area contributed by atoms with Crippen LogP contribution in [-0.4, -0.2) is 44.2 Å². The number of aryl methyl sites for hydroxylation is 1. The van der Waals surface area contributed by atoms with Crippen LogP contribution >= 0.6 is 0 Å². The van der Waals surface area contributed by atoms with Crippen LogP contribution in [0.1, 0.15) is 39.8 Å². The molecule has 1 aliphatic heterocycles. The van der Waals surface area contributed by atoms with Crippen molar-refractivity contribution < 1.29 is 22.7 Å². The van der Waals surface area contributed by atoms with Crippen LogP contribution in [0.15, 0.2) is 36.5 Å². The molecule has 3 aromatic heterocycles. The van der Waals surface area contributed by atoms with Crippen LogP contribution < -0.4 is 5.73 Å². The number of nitrogens with two attached hydrogens (primary N) is 1. The van der Waals surface area contributed by atoms with E-state index in [-0.39, 0.29) is 24.8 Å². The molecule has 8 nitrogen and oxygen atoms in total. The van der Waals surface area contributed by atoms with Gasteiger partial charge >= 0.3 is 6.18 Å². The standard InChI is InChI=1S/C23H21F3N6O2/c1-31(18-7-8-34-11-17-13(18)4-6-19(29-17)23(24,25)26)22(33)12-3-5-16-14(9-12)20-15(21(27)30-16)10-28-32(20)2/h3-6,9-10,18H,7-8,11H2,1-2H3,(H2,27,30)/t18-/m1/s1. The fourth-order valence-corrected chi connectivity index (χ4v) is 4.45. The highest BCUT2D eigenvalue weighted by atomic mass is 19.4. The van der Waals surface area contributed by atoms with Crippen LogP contribution in [0.3, 0.4) is 0 Å². The van der Waals surface area contributed by atoms with Crippen LogP contribution in [0.5, 0.6) is 0 Å². The van der Waals surface area contributed by atoms with Crippen molar-refractivity contribution in [1.29, 1.82) is 0 Å². The van der Waals surface area contributed by atoms with Crippen LogP contribution in [-0.2, 0) is 24.6 Å². The highest BCUT2D eigenvalue weighted by Crippen LogP contribution is 2.35. The minimum Gasteiger partial charge on any atom is -0.383 e. The molecule has 0 saturated carbocycles. The zero-order chi connectivity index (χ0) is 24.2. The molecule has 1 aliphatic rings. The Bertz CT molecular complexity index is 1430. The van der Waals surface area contributed by atoms with Crippen molar-refractivity contribution >= 4 is 33.5 Å². The zero-order valence-electron chi connectivity index (χ0n) is 18.4. The molecular weight excluding hydrogens is 449 g/mol. The Labute approximate surface area is 192 Å². The van der Waals surface area contributed by atoms with E-state index in [1.165, 1.54) is 11.0 Å². The maximum absolute atomic E-state index is 13.5. The van der Waals surface area contributed by atoms with Gasteiger partial charge in [-0.15, -0.1) is 0 Å². The average molecular weight is 470 g/mol. The Morgan fingerprint density at radius 1 is 1.21 bits per heavy atom. The van der Waals surface area contributed by atoms with Crippen molar-refractivity contribution in [3.8, 4) is 0 Å². The maximum atomic E-state index is 13.5. The Kier molecular flexibility index (Phi) is 5.16. The highest BCUT2D eigenvalue weighted by molar-refractivity contribution is 6.10. The van der Waals surface area contributed by atoms with Crippen molar-refractivity contribution in [2.75, 3.05) is 19.4 Å². The lowest BCUT2D eigenvalue weighted by Gasteiger charge is -2.28. The molecular formula is C23H21F3N6O2. The number of anilines is 1. The number of benzene rings is 1. The Balaban J connectivity index is 1.54. The molecule has 1 amide bonds. The van der Waals surface area contributed by atoms with Crippen LogP contribution in [0, 0.1) is 0 Å². The van der Waals surface area contributed by atoms with Crippen LogP contribution in [0.2, 0.25) is 0 Å². The van der Waals surface area contributed by atoms with E-state index >= 15 is 0 Å². The number of nitrogens with zero attached hydrogens (tertiary/aromatic N) is 5. The fourth-order valence-electron chi connectivity index (χ4n) is 4.45. The Hall–Kier alpha value is -3.73. The summed E-state index contributed by atoms with van der Waals surface area (Å²) in [5.74, 6) is 0.0689. The number of amides is 1. The highest BCUT2D eigenvalue weighted by Gasteiger charge is 2.35. The van der Waals surface area contributed by atoms with E-state index in [0.717, 1.165) is 17.0 Å². The van der Waals surface area contributed by atoms with Crippen LogP contribution in [0.4, 0.5) is 19.0 Å². The minimum absolute atomic E-state index is 0.0423. The summed E-state index contributed by atoms with van der Waals surface area (Å²) in [4.78, 5) is 23.2. The topological polar surface area (TPSA) is 99.2 Å². The van der Waals surface area contributed by atoms with E-state index in [4.69, 9.17) is 10.5 Å². The van der Waals surface area contributed by atoms with E-state index in [1.54, 1.807) is 43.2 Å². The number of alkyl halides is 3. The number of pyridine rings is 2. The Morgan fingerprint density at radius 3 is 2.76 bits per heavy atom. The lowest BCUT2D eigenvalue weighted by molar-refractivity contribution is -0.141. The van der Waals surface area contributed by atoms with Crippen molar-refractivity contribution in [2.24, 2.45) is 7.05 Å². The summed E-state index contributed by atoms with van der Waals surface area (Å²) >= 11 is 0. The van der Waals surface area contributed by atoms with Gasteiger partial charge in [0.1, 0.15) is 11.5 Å². The summed E-state index contributed by atoms with van der Waals surface area (Å²) in [5.41, 5.74) is 7.61. The first-order valence-corrected chi connectivity index (χ1v) is 10.6. The molecule has 176 valence electrons. The summed E-state index contributed by atoms with van der Waals surface area (Å²) in [7, 11) is 3.41. The fraction of sp³-hybridized carbons (Fsp3) is 0.304. The number of hydrogen-bond acceptors (Lipinski definition) is 6. The lowest BCUT2D eigenvalue weighted by Crippen LogP contribution is -2.32. The van der Waals surface area contributed by atoms with Gasteiger partial charge < -0.3 is 15.4 Å². The number of halogens is 3. The normalized spacial score (nSPS) is 16.4. The van der Waals surface area contributed by atoms with Gasteiger partial charge in [-0.05, 0) is 36.2 Å². The number of nitrogen functional groups attached to an aromatic ring is 1. The molecule has 0 radical (unpaired) electrons. The van der Waals surface area contributed by atoms with E-state index < -0.39 is 17.9 Å². The van der Waals surface area contributed by atoms with Crippen molar-refractivity contribution in [3.05, 3.63) is 59.0 Å². The van der Waals surface area contributed by atoms with E-state index in [0.29, 0.717) is 34.3 Å². The molecule has 34 heavy (non-hydrogen) atoms. The molecule has 5 rings (SSSR count). The van der Waals surface area contributed by atoms with E-state index in [2.05, 4.69) is 15.1 Å². The van der Waals surface area contributed by atoms with Crippen LogP contribution in [0.25, 0.3) is 21.8 Å². The van der Waals surface area contributed by atoms with Gasteiger partial charge in [-0.3, -0.25) is 9.48 Å². The van der Waals surface area contributed by atoms with Crippen molar-refractivity contribution in [2.45, 2.75) is 25.2 Å². The number of ether oxygens (including phenoxy) is 1. The molecule has 0 spiro atoms. The third-order valence-electron chi connectivity index (χ3n) is 6.18. The monoisotopic (exact) mass is 470 g/mol. The number of fused-ring (bicyclic) bond motifs is 4. The van der Waals surface area contributed by atoms with Gasteiger partial charge in [0, 0.05) is 31.7 Å². The largest absolute Gasteiger partial charge is 0.433 e. The maximum Gasteiger partial charge on any atom is 0.433 e. The number of carbonyl (C=O) groups excluding carboxylic acids is 1. The zero-order valence-corrected chi connectivity index (χ0v) is 18.4. The predicted octanol–water partition coefficient (Wildman–Crippen LogP) is 3.85. The summed E-state index contributed by atoms with van der Waals surface area (Å²) in [5, 5.41) is 5.67. The average Bonchev–Trinajstić information content (AvgIpc) is 3.07. The lowest BCUT2D eigenvalue weighted by atomic mass is 9.99. The Morgan fingerprint density at radius 2 is 2.00 bits per heavy atom. The smallest absolute Gasteiger partial charge is 0.383 e. The molecule has 1 atom stereocenters. The van der Waals surface area contributed by atoms with Gasteiger partial charge in [-0.1, -0.05) is 6.07 Å². The second-order valence-electron chi connectivity index (χ2n) is 8.26. The second-order valence-corrected chi connectivity index (χ2v) is 8.26. The minimum atomic E-state index is -4.56. The van der Waals surface area contributed by atoms with Crippen molar-refractivity contribution in [3.63, 3.8) is 0 Å². The molecule has 4 heterocycles. The summed E-state index contributed by atoms with van der Waals surface area (Å²) < 4.78 is 46.6. The quantitative estimate of drug-likeness (QED) is 0.478. The molecule has 0 aliphatic carbocycles. The summed E-state index contributed by atoms with van der Waals surface area (Å²) in [6.45, 7) is 0.246. The number of carbonyl (C=O) groups is 1. The third kappa shape index (κ3) is 3.61.